The summed E-state index contributed by atoms with van der Waals surface area (Å²) in [5, 5.41) is 2.47. The van der Waals surface area contributed by atoms with Crippen LogP contribution in [0.3, 0.4) is 0 Å². The fourth-order valence-corrected chi connectivity index (χ4v) is 1.37. The summed E-state index contributed by atoms with van der Waals surface area (Å²) in [6.07, 6.45) is 0.323. The first kappa shape index (κ1) is 19.9. The number of amides is 1. The van der Waals surface area contributed by atoms with Crippen molar-refractivity contribution in [2.24, 2.45) is 5.92 Å². The normalized spacial score (nSPS) is 12.3. The zero-order chi connectivity index (χ0) is 17.3. The van der Waals surface area contributed by atoms with Gasteiger partial charge in [0.1, 0.15) is 24.9 Å². The summed E-state index contributed by atoms with van der Waals surface area (Å²) in [6, 6.07) is -0.843. The van der Waals surface area contributed by atoms with Gasteiger partial charge in [-0.1, -0.05) is 20.4 Å². The van der Waals surface area contributed by atoms with Crippen LogP contribution in [-0.4, -0.2) is 42.9 Å². The maximum Gasteiger partial charge on any atom is 0.408 e. The monoisotopic (exact) mass is 315 g/mol. The quantitative estimate of drug-likeness (QED) is 0.333. The van der Waals surface area contributed by atoms with Crippen LogP contribution in [0.5, 0.6) is 0 Å². The average molecular weight is 315 g/mol. The largest absolute Gasteiger partial charge is 0.461 e. The Hall–Kier alpha value is -2.05. The van der Waals surface area contributed by atoms with Crippen molar-refractivity contribution in [1.29, 1.82) is 0 Å². The lowest BCUT2D eigenvalue weighted by Gasteiger charge is -2.24. The van der Waals surface area contributed by atoms with Crippen molar-refractivity contribution >= 4 is 18.0 Å². The Morgan fingerprint density at radius 3 is 2.14 bits per heavy atom. The average Bonchev–Trinajstić information content (AvgIpc) is 2.37. The zero-order valence-electron chi connectivity index (χ0n) is 13.8. The van der Waals surface area contributed by atoms with E-state index in [0.717, 1.165) is 6.08 Å². The maximum atomic E-state index is 11.9. The third kappa shape index (κ3) is 8.99. The van der Waals surface area contributed by atoms with Gasteiger partial charge in [-0.15, -0.1) is 0 Å². The lowest BCUT2D eigenvalue weighted by molar-refractivity contribution is -0.152. The fourth-order valence-electron chi connectivity index (χ4n) is 1.37. The molecule has 7 heteroatoms. The molecule has 0 bridgehead atoms. The van der Waals surface area contributed by atoms with Crippen LogP contribution in [0.4, 0.5) is 4.79 Å². The van der Waals surface area contributed by atoms with Crippen LogP contribution in [0.15, 0.2) is 12.7 Å². The van der Waals surface area contributed by atoms with Crippen molar-refractivity contribution in [2.75, 3.05) is 13.2 Å². The molecule has 0 aliphatic rings. The van der Waals surface area contributed by atoms with Crippen LogP contribution in [0, 0.1) is 5.92 Å². The van der Waals surface area contributed by atoms with E-state index in [-0.39, 0.29) is 19.1 Å². The molecule has 7 nitrogen and oxygen atoms in total. The van der Waals surface area contributed by atoms with Crippen LogP contribution in [-0.2, 0) is 23.8 Å². The van der Waals surface area contributed by atoms with Gasteiger partial charge in [0.25, 0.3) is 0 Å². The summed E-state index contributed by atoms with van der Waals surface area (Å²) in [4.78, 5) is 34.5. The highest BCUT2D eigenvalue weighted by atomic mass is 16.6. The molecule has 0 saturated heterocycles. The molecule has 1 amide bonds. The van der Waals surface area contributed by atoms with Crippen molar-refractivity contribution < 1.29 is 28.6 Å². The molecule has 1 N–H and O–H groups in total. The molecular weight excluding hydrogens is 290 g/mol. The van der Waals surface area contributed by atoms with E-state index in [0.29, 0.717) is 0 Å². The summed E-state index contributed by atoms with van der Waals surface area (Å²) in [5.74, 6) is -1.39. The molecular formula is C15H25NO6. The minimum atomic E-state index is -0.843. The number of hydrogen-bond acceptors (Lipinski definition) is 6. The molecule has 0 aromatic carbocycles. The van der Waals surface area contributed by atoms with Gasteiger partial charge in [0.2, 0.25) is 0 Å². The van der Waals surface area contributed by atoms with Gasteiger partial charge in [0.05, 0.1) is 0 Å². The SMILES string of the molecule is C=CC(=O)OCCOC(=O)C(NC(=O)OC(C)(C)C)C(C)C. The summed E-state index contributed by atoms with van der Waals surface area (Å²) >= 11 is 0. The van der Waals surface area contributed by atoms with E-state index >= 15 is 0 Å². The smallest absolute Gasteiger partial charge is 0.408 e. The Bertz CT molecular complexity index is 411. The molecule has 0 fully saturated rings. The van der Waals surface area contributed by atoms with E-state index in [9.17, 15) is 14.4 Å². The minimum Gasteiger partial charge on any atom is -0.461 e. The summed E-state index contributed by atoms with van der Waals surface area (Å²) < 4.78 is 14.8. The second-order valence-corrected chi connectivity index (χ2v) is 5.91. The summed E-state index contributed by atoms with van der Waals surface area (Å²) in [6.45, 7) is 11.8. The highest BCUT2D eigenvalue weighted by Crippen LogP contribution is 2.09. The molecule has 126 valence electrons. The van der Waals surface area contributed by atoms with Crippen molar-refractivity contribution in [1.82, 2.24) is 5.32 Å². The van der Waals surface area contributed by atoms with Crippen molar-refractivity contribution in [3.8, 4) is 0 Å². The third-order valence-corrected chi connectivity index (χ3v) is 2.33. The number of hydrogen-bond donors (Lipinski definition) is 1. The van der Waals surface area contributed by atoms with Crippen LogP contribution < -0.4 is 5.32 Å². The van der Waals surface area contributed by atoms with Gasteiger partial charge in [-0.25, -0.2) is 14.4 Å². The standard InChI is InChI=1S/C15H25NO6/c1-7-11(17)20-8-9-21-13(18)12(10(2)3)16-14(19)22-15(4,5)6/h7,10,12H,1,8-9H2,2-6H3,(H,16,19). The number of carbonyl (C=O) groups is 3. The zero-order valence-corrected chi connectivity index (χ0v) is 13.8. The molecule has 0 spiro atoms. The molecule has 1 unspecified atom stereocenters. The summed E-state index contributed by atoms with van der Waals surface area (Å²) in [7, 11) is 0. The lowest BCUT2D eigenvalue weighted by atomic mass is 10.1. The third-order valence-electron chi connectivity index (χ3n) is 2.33. The second kappa shape index (κ2) is 9.07. The Balaban J connectivity index is 4.37. The van der Waals surface area contributed by atoms with Gasteiger partial charge in [0, 0.05) is 6.08 Å². The van der Waals surface area contributed by atoms with Gasteiger partial charge >= 0.3 is 18.0 Å². The molecule has 1 atom stereocenters. The number of alkyl carbamates (subject to hydrolysis) is 1. The molecule has 0 aromatic rings. The van der Waals surface area contributed by atoms with E-state index in [1.807, 2.05) is 0 Å². The Kier molecular flexibility index (Phi) is 8.22. The first-order chi connectivity index (χ1) is 10.1. The number of ether oxygens (including phenoxy) is 3. The highest BCUT2D eigenvalue weighted by molar-refractivity contribution is 5.82. The van der Waals surface area contributed by atoms with Crippen molar-refractivity contribution in [2.45, 2.75) is 46.3 Å². The van der Waals surface area contributed by atoms with E-state index in [4.69, 9.17) is 9.47 Å². The molecule has 0 rings (SSSR count). The van der Waals surface area contributed by atoms with Gasteiger partial charge in [-0.3, -0.25) is 0 Å². The molecule has 0 radical (unpaired) electrons. The Morgan fingerprint density at radius 1 is 1.14 bits per heavy atom. The molecule has 0 aliphatic carbocycles. The van der Waals surface area contributed by atoms with Gasteiger partial charge in [-0.05, 0) is 26.7 Å². The predicted octanol–water partition coefficient (Wildman–Crippen LogP) is 1.81. The fraction of sp³-hybridized carbons (Fsp3) is 0.667. The van der Waals surface area contributed by atoms with Crippen LogP contribution in [0.1, 0.15) is 34.6 Å². The first-order valence-corrected chi connectivity index (χ1v) is 7.02. The Labute approximate surface area is 131 Å². The first-order valence-electron chi connectivity index (χ1n) is 7.02. The summed E-state index contributed by atoms with van der Waals surface area (Å²) in [5.41, 5.74) is -0.658. The van der Waals surface area contributed by atoms with Gasteiger partial charge < -0.3 is 19.5 Å². The van der Waals surface area contributed by atoms with E-state index in [2.05, 4.69) is 16.6 Å². The minimum absolute atomic E-state index is 0.0755. The van der Waals surface area contributed by atoms with Crippen molar-refractivity contribution in [3.63, 3.8) is 0 Å². The topological polar surface area (TPSA) is 90.9 Å². The second-order valence-electron chi connectivity index (χ2n) is 5.91. The predicted molar refractivity (Wildman–Crippen MR) is 80.1 cm³/mol. The van der Waals surface area contributed by atoms with Gasteiger partial charge in [-0.2, -0.15) is 0 Å². The van der Waals surface area contributed by atoms with E-state index in [1.165, 1.54) is 0 Å². The van der Waals surface area contributed by atoms with Crippen LogP contribution >= 0.6 is 0 Å². The number of esters is 2. The molecule has 0 aliphatic heterocycles. The van der Waals surface area contributed by atoms with Crippen LogP contribution in [0.25, 0.3) is 0 Å². The van der Waals surface area contributed by atoms with Crippen molar-refractivity contribution in [3.05, 3.63) is 12.7 Å². The molecule has 0 heterocycles. The number of rotatable bonds is 7. The Morgan fingerprint density at radius 2 is 1.68 bits per heavy atom. The molecule has 22 heavy (non-hydrogen) atoms. The van der Waals surface area contributed by atoms with E-state index in [1.54, 1.807) is 34.6 Å². The van der Waals surface area contributed by atoms with Gasteiger partial charge in [0.15, 0.2) is 0 Å². The van der Waals surface area contributed by atoms with Crippen LogP contribution in [0.2, 0.25) is 0 Å². The lowest BCUT2D eigenvalue weighted by Crippen LogP contribution is -2.47. The number of carbonyl (C=O) groups excluding carboxylic acids is 3. The molecule has 0 saturated carbocycles. The molecule has 0 aromatic heterocycles. The van der Waals surface area contributed by atoms with E-state index < -0.39 is 29.7 Å². The maximum absolute atomic E-state index is 11.9. The highest BCUT2D eigenvalue weighted by Gasteiger charge is 2.28. The number of nitrogens with one attached hydrogen (secondary N) is 1.